The maximum Gasteiger partial charge on any atom is 0.315 e. The molecule has 1 rings (SSSR count). The molecule has 0 spiro atoms. The molecular weight excluding hydrogens is 228 g/mol. The molecule has 0 bridgehead atoms. The number of carbonyl (C=O) groups is 1. The highest BCUT2D eigenvalue weighted by Gasteiger charge is 2.38. The monoisotopic (exact) mass is 254 g/mol. The maximum atomic E-state index is 11.9. The first-order chi connectivity index (χ1) is 8.15. The fourth-order valence-corrected chi connectivity index (χ4v) is 2.31. The van der Waals surface area contributed by atoms with Gasteiger partial charge in [-0.3, -0.25) is 5.41 Å². The lowest BCUT2D eigenvalue weighted by Crippen LogP contribution is -2.62. The van der Waals surface area contributed by atoms with Crippen LogP contribution in [0.5, 0.6) is 0 Å². The number of hydrogen-bond acceptors (Lipinski definition) is 2. The minimum Gasteiger partial charge on any atom is -0.386 e. The third-order valence-corrected chi connectivity index (χ3v) is 3.48. The summed E-state index contributed by atoms with van der Waals surface area (Å²) in [6.45, 7) is 7.97. The van der Waals surface area contributed by atoms with Gasteiger partial charge in [0, 0.05) is 5.54 Å². The Kier molecular flexibility index (Phi) is 4.24. The van der Waals surface area contributed by atoms with E-state index in [4.69, 9.17) is 11.1 Å². The van der Waals surface area contributed by atoms with E-state index in [0.717, 1.165) is 25.7 Å². The van der Waals surface area contributed by atoms with Gasteiger partial charge in [-0.15, -0.1) is 0 Å². The fraction of sp³-hybridized carbons (Fsp3) is 0.846. The molecule has 0 saturated heterocycles. The first-order valence-corrected chi connectivity index (χ1v) is 6.59. The number of amidine groups is 1. The first-order valence-electron chi connectivity index (χ1n) is 6.59. The summed E-state index contributed by atoms with van der Waals surface area (Å²) in [5, 5.41) is 13.5. The summed E-state index contributed by atoms with van der Waals surface area (Å²) in [6, 6.07) is -0.243. The maximum absolute atomic E-state index is 11.9. The number of amides is 2. The molecule has 0 aromatic heterocycles. The number of urea groups is 1. The molecule has 0 unspecified atom stereocenters. The van der Waals surface area contributed by atoms with Crippen molar-refractivity contribution in [1.82, 2.24) is 10.6 Å². The predicted molar refractivity (Wildman–Crippen MR) is 73.7 cm³/mol. The topological polar surface area (TPSA) is 91.0 Å². The number of nitrogens with one attached hydrogen (secondary N) is 3. The average Bonchev–Trinajstić information content (AvgIpc) is 2.18. The zero-order valence-corrected chi connectivity index (χ0v) is 11.9. The van der Waals surface area contributed by atoms with E-state index in [-0.39, 0.29) is 17.4 Å². The van der Waals surface area contributed by atoms with Gasteiger partial charge in [0.2, 0.25) is 0 Å². The van der Waals surface area contributed by atoms with Crippen LogP contribution in [0.2, 0.25) is 0 Å². The quantitative estimate of drug-likeness (QED) is 0.448. The van der Waals surface area contributed by atoms with Crippen molar-refractivity contribution in [1.29, 1.82) is 5.41 Å². The Balaban J connectivity index is 2.70. The van der Waals surface area contributed by atoms with Gasteiger partial charge >= 0.3 is 6.03 Å². The summed E-state index contributed by atoms with van der Waals surface area (Å²) in [4.78, 5) is 11.9. The smallest absolute Gasteiger partial charge is 0.315 e. The third kappa shape index (κ3) is 3.89. The Morgan fingerprint density at radius 2 is 1.83 bits per heavy atom. The van der Waals surface area contributed by atoms with E-state index in [2.05, 4.69) is 17.6 Å². The van der Waals surface area contributed by atoms with Crippen LogP contribution in [0.1, 0.15) is 53.4 Å². The van der Waals surface area contributed by atoms with Gasteiger partial charge in [-0.05, 0) is 52.4 Å². The number of nitrogens with two attached hydrogens (primary N) is 1. The Labute approximate surface area is 109 Å². The van der Waals surface area contributed by atoms with Gasteiger partial charge in [0.05, 0.1) is 5.54 Å². The van der Waals surface area contributed by atoms with Crippen LogP contribution in [0.15, 0.2) is 0 Å². The van der Waals surface area contributed by atoms with Crippen LogP contribution in [0, 0.1) is 11.3 Å². The normalized spacial score (nSPS) is 28.6. The van der Waals surface area contributed by atoms with Crippen LogP contribution in [0.25, 0.3) is 0 Å². The molecule has 1 fully saturated rings. The fourth-order valence-electron chi connectivity index (χ4n) is 2.31. The van der Waals surface area contributed by atoms with Crippen LogP contribution < -0.4 is 16.4 Å². The predicted octanol–water partition coefficient (Wildman–Crippen LogP) is 1.97. The molecule has 18 heavy (non-hydrogen) atoms. The largest absolute Gasteiger partial charge is 0.386 e. The highest BCUT2D eigenvalue weighted by atomic mass is 16.2. The minimum absolute atomic E-state index is 0.0680. The van der Waals surface area contributed by atoms with Crippen LogP contribution in [0.3, 0.4) is 0 Å². The van der Waals surface area contributed by atoms with Crippen LogP contribution in [-0.2, 0) is 0 Å². The van der Waals surface area contributed by atoms with Crippen molar-refractivity contribution < 1.29 is 4.79 Å². The van der Waals surface area contributed by atoms with Gasteiger partial charge in [0.1, 0.15) is 5.84 Å². The first kappa shape index (κ1) is 14.8. The summed E-state index contributed by atoms with van der Waals surface area (Å²) < 4.78 is 0. The second-order valence-corrected chi connectivity index (χ2v) is 6.51. The number of rotatable bonds is 2. The van der Waals surface area contributed by atoms with Gasteiger partial charge in [0.15, 0.2) is 0 Å². The average molecular weight is 254 g/mol. The summed E-state index contributed by atoms with van der Waals surface area (Å²) in [5.74, 6) is 0.711. The van der Waals surface area contributed by atoms with Crippen LogP contribution >= 0.6 is 0 Å². The van der Waals surface area contributed by atoms with Gasteiger partial charge in [-0.1, -0.05) is 6.92 Å². The van der Waals surface area contributed by atoms with Crippen molar-refractivity contribution in [2.24, 2.45) is 11.7 Å². The Hall–Kier alpha value is -1.26. The highest BCUT2D eigenvalue weighted by molar-refractivity contribution is 5.92. The number of carbonyl (C=O) groups excluding carboxylic acids is 1. The molecule has 0 aromatic rings. The molecule has 0 aliphatic heterocycles. The molecular formula is C13H26N4O. The van der Waals surface area contributed by atoms with Gasteiger partial charge in [-0.25, -0.2) is 4.79 Å². The Bertz CT molecular complexity index is 324. The van der Waals surface area contributed by atoms with E-state index in [1.165, 1.54) is 0 Å². The van der Waals surface area contributed by atoms with Gasteiger partial charge in [-0.2, -0.15) is 0 Å². The summed E-state index contributed by atoms with van der Waals surface area (Å²) >= 11 is 0. The molecule has 5 N–H and O–H groups in total. The molecule has 0 aromatic carbocycles. The second-order valence-electron chi connectivity index (χ2n) is 6.51. The molecule has 0 heterocycles. The van der Waals surface area contributed by atoms with Crippen molar-refractivity contribution in [2.75, 3.05) is 0 Å². The van der Waals surface area contributed by atoms with Crippen molar-refractivity contribution in [3.63, 3.8) is 0 Å². The zero-order chi connectivity index (χ0) is 14.0. The molecule has 0 radical (unpaired) electrons. The minimum atomic E-state index is -0.651. The molecule has 2 amide bonds. The summed E-state index contributed by atoms with van der Waals surface area (Å²) in [6.07, 6.45) is 3.49. The van der Waals surface area contributed by atoms with Crippen LogP contribution in [0.4, 0.5) is 4.79 Å². The third-order valence-electron chi connectivity index (χ3n) is 3.48. The van der Waals surface area contributed by atoms with E-state index in [0.29, 0.717) is 5.92 Å². The van der Waals surface area contributed by atoms with Crippen molar-refractivity contribution in [3.05, 3.63) is 0 Å². The number of hydrogen-bond donors (Lipinski definition) is 4. The lowest BCUT2D eigenvalue weighted by molar-refractivity contribution is 0.208. The Morgan fingerprint density at radius 1 is 1.33 bits per heavy atom. The van der Waals surface area contributed by atoms with Crippen molar-refractivity contribution in [2.45, 2.75) is 64.5 Å². The standard InChI is InChI=1S/C13H26N4O/c1-9-5-7-13(8-6-9,10(14)15)17-11(18)16-12(2,3)4/h9H,5-8H2,1-4H3,(H3,14,15)(H2,16,17,18). The SMILES string of the molecule is CC1CCC(NC(=O)NC(C)(C)C)(C(=N)N)CC1. The van der Waals surface area contributed by atoms with Gasteiger partial charge in [0.25, 0.3) is 0 Å². The summed E-state index contributed by atoms with van der Waals surface area (Å²) in [5.41, 5.74) is 4.76. The van der Waals surface area contributed by atoms with E-state index in [1.807, 2.05) is 20.8 Å². The lowest BCUT2D eigenvalue weighted by atomic mass is 9.76. The molecule has 5 nitrogen and oxygen atoms in total. The van der Waals surface area contributed by atoms with Crippen LogP contribution in [-0.4, -0.2) is 22.9 Å². The van der Waals surface area contributed by atoms with Gasteiger partial charge < -0.3 is 16.4 Å². The Morgan fingerprint density at radius 3 is 2.22 bits per heavy atom. The molecule has 104 valence electrons. The second kappa shape index (κ2) is 5.16. The lowest BCUT2D eigenvalue weighted by Gasteiger charge is -2.39. The van der Waals surface area contributed by atoms with E-state index >= 15 is 0 Å². The van der Waals surface area contributed by atoms with E-state index < -0.39 is 5.54 Å². The van der Waals surface area contributed by atoms with Crippen molar-refractivity contribution in [3.8, 4) is 0 Å². The molecule has 5 heteroatoms. The summed E-state index contributed by atoms with van der Waals surface area (Å²) in [7, 11) is 0. The van der Waals surface area contributed by atoms with E-state index in [1.54, 1.807) is 0 Å². The highest BCUT2D eigenvalue weighted by Crippen LogP contribution is 2.31. The molecule has 1 saturated carbocycles. The molecule has 0 atom stereocenters. The van der Waals surface area contributed by atoms with Crippen molar-refractivity contribution >= 4 is 11.9 Å². The van der Waals surface area contributed by atoms with E-state index in [9.17, 15) is 4.79 Å². The zero-order valence-electron chi connectivity index (χ0n) is 11.9. The molecule has 1 aliphatic carbocycles. The molecule has 1 aliphatic rings.